The van der Waals surface area contributed by atoms with Gasteiger partial charge in [0.15, 0.2) is 0 Å². The second-order valence-electron chi connectivity index (χ2n) is 4.88. The first-order chi connectivity index (χ1) is 9.56. The number of nitrogens with one attached hydrogen (secondary N) is 1. The van der Waals surface area contributed by atoms with Gasteiger partial charge in [-0.2, -0.15) is 0 Å². The number of nitro benzene ring substituents is 1. The van der Waals surface area contributed by atoms with Crippen LogP contribution in [0.15, 0.2) is 22.7 Å². The number of ether oxygens (including phenoxy) is 1. The molecule has 1 saturated heterocycles. The summed E-state index contributed by atoms with van der Waals surface area (Å²) in [5.41, 5.74) is 0.958. The highest BCUT2D eigenvalue weighted by Crippen LogP contribution is 2.27. The molecule has 1 fully saturated rings. The lowest BCUT2D eigenvalue weighted by atomic mass is 10.2. The van der Waals surface area contributed by atoms with Crippen LogP contribution in [0, 0.1) is 10.1 Å². The lowest BCUT2D eigenvalue weighted by Gasteiger charge is -2.29. The Morgan fingerprint density at radius 3 is 2.80 bits per heavy atom. The number of nitro groups is 1. The summed E-state index contributed by atoms with van der Waals surface area (Å²) in [6, 6.07) is 5.02. The predicted molar refractivity (Wildman–Crippen MR) is 81.1 cm³/mol. The Morgan fingerprint density at radius 1 is 1.50 bits per heavy atom. The summed E-state index contributed by atoms with van der Waals surface area (Å²) in [4.78, 5) is 12.6. The van der Waals surface area contributed by atoms with Crippen LogP contribution < -0.4 is 5.32 Å². The number of nitrogens with zero attached hydrogens (tertiary/aromatic N) is 2. The van der Waals surface area contributed by atoms with Crippen LogP contribution in [0.1, 0.15) is 6.92 Å². The molecule has 0 aliphatic carbocycles. The lowest BCUT2D eigenvalue weighted by molar-refractivity contribution is -0.384. The molecule has 1 N–H and O–H groups in total. The standard InChI is InChI=1S/C13H18BrN3O3/c1-10(9-16-4-6-20-7-5-16)15-13-3-2-11(17(18)19)8-12(13)14/h2-3,8,10,15H,4-7,9H2,1H3. The van der Waals surface area contributed by atoms with E-state index < -0.39 is 4.92 Å². The Balaban J connectivity index is 1.93. The molecular formula is C13H18BrN3O3. The van der Waals surface area contributed by atoms with Gasteiger partial charge in [-0.05, 0) is 28.9 Å². The van der Waals surface area contributed by atoms with Crippen LogP contribution in [-0.4, -0.2) is 48.7 Å². The normalized spacial score (nSPS) is 17.7. The third-order valence-corrected chi connectivity index (χ3v) is 3.86. The van der Waals surface area contributed by atoms with Gasteiger partial charge in [0.2, 0.25) is 0 Å². The van der Waals surface area contributed by atoms with Crippen molar-refractivity contribution in [2.75, 3.05) is 38.2 Å². The number of benzene rings is 1. The molecule has 20 heavy (non-hydrogen) atoms. The van der Waals surface area contributed by atoms with Crippen molar-refractivity contribution in [3.63, 3.8) is 0 Å². The molecular weight excluding hydrogens is 326 g/mol. The van der Waals surface area contributed by atoms with Gasteiger partial charge in [-0.25, -0.2) is 0 Å². The first kappa shape index (κ1) is 15.2. The van der Waals surface area contributed by atoms with Gasteiger partial charge in [-0.3, -0.25) is 15.0 Å². The molecule has 1 aromatic rings. The van der Waals surface area contributed by atoms with E-state index in [9.17, 15) is 10.1 Å². The van der Waals surface area contributed by atoms with Crippen molar-refractivity contribution in [2.24, 2.45) is 0 Å². The van der Waals surface area contributed by atoms with Gasteiger partial charge in [0.05, 0.1) is 18.1 Å². The Kier molecular flexibility index (Phi) is 5.33. The molecule has 7 heteroatoms. The minimum absolute atomic E-state index is 0.0863. The Bertz CT molecular complexity index is 478. The van der Waals surface area contributed by atoms with Crippen LogP contribution in [0.2, 0.25) is 0 Å². The smallest absolute Gasteiger partial charge is 0.270 e. The number of morpholine rings is 1. The maximum absolute atomic E-state index is 10.7. The molecule has 0 radical (unpaired) electrons. The molecule has 0 saturated carbocycles. The van der Waals surface area contributed by atoms with Crippen LogP contribution in [0.25, 0.3) is 0 Å². The summed E-state index contributed by atoms with van der Waals surface area (Å²) in [6.07, 6.45) is 0. The summed E-state index contributed by atoms with van der Waals surface area (Å²) in [5, 5.41) is 14.1. The third-order valence-electron chi connectivity index (χ3n) is 3.20. The highest BCUT2D eigenvalue weighted by atomic mass is 79.9. The molecule has 0 spiro atoms. The Morgan fingerprint density at radius 2 is 2.20 bits per heavy atom. The predicted octanol–water partition coefficient (Wildman–Crippen LogP) is 2.49. The zero-order valence-electron chi connectivity index (χ0n) is 11.3. The van der Waals surface area contributed by atoms with Crippen molar-refractivity contribution >= 4 is 27.3 Å². The van der Waals surface area contributed by atoms with E-state index in [0.29, 0.717) is 4.47 Å². The molecule has 0 bridgehead atoms. The number of hydrogen-bond donors (Lipinski definition) is 1. The molecule has 110 valence electrons. The van der Waals surface area contributed by atoms with Gasteiger partial charge < -0.3 is 10.1 Å². The first-order valence-electron chi connectivity index (χ1n) is 6.57. The quantitative estimate of drug-likeness (QED) is 0.657. The van der Waals surface area contributed by atoms with Crippen molar-refractivity contribution in [1.29, 1.82) is 0 Å². The number of rotatable bonds is 5. The zero-order chi connectivity index (χ0) is 14.5. The van der Waals surface area contributed by atoms with Crippen molar-refractivity contribution in [2.45, 2.75) is 13.0 Å². The largest absolute Gasteiger partial charge is 0.380 e. The number of non-ortho nitro benzene ring substituents is 1. The summed E-state index contributed by atoms with van der Waals surface area (Å²) in [5.74, 6) is 0. The van der Waals surface area contributed by atoms with Crippen molar-refractivity contribution in [3.05, 3.63) is 32.8 Å². The Hall–Kier alpha value is -1.18. The van der Waals surface area contributed by atoms with Crippen LogP contribution in [0.3, 0.4) is 0 Å². The molecule has 1 aliphatic rings. The molecule has 0 aromatic heterocycles. The third kappa shape index (κ3) is 4.16. The average Bonchev–Trinajstić information content (AvgIpc) is 2.42. The average molecular weight is 344 g/mol. The van der Waals surface area contributed by atoms with Gasteiger partial charge in [-0.15, -0.1) is 0 Å². The molecule has 1 aliphatic heterocycles. The van der Waals surface area contributed by atoms with Crippen molar-refractivity contribution < 1.29 is 9.66 Å². The highest BCUT2D eigenvalue weighted by Gasteiger charge is 2.15. The molecule has 1 unspecified atom stereocenters. The van der Waals surface area contributed by atoms with E-state index in [1.165, 1.54) is 12.1 Å². The molecule has 1 aromatic carbocycles. The van der Waals surface area contributed by atoms with Gasteiger partial charge in [0.1, 0.15) is 0 Å². The minimum atomic E-state index is -0.397. The van der Waals surface area contributed by atoms with Crippen molar-refractivity contribution in [3.8, 4) is 0 Å². The number of halogens is 1. The lowest BCUT2D eigenvalue weighted by Crippen LogP contribution is -2.42. The fraction of sp³-hybridized carbons (Fsp3) is 0.538. The van der Waals surface area contributed by atoms with Crippen LogP contribution in [0.4, 0.5) is 11.4 Å². The monoisotopic (exact) mass is 343 g/mol. The molecule has 6 nitrogen and oxygen atoms in total. The maximum atomic E-state index is 10.7. The van der Waals surface area contributed by atoms with E-state index >= 15 is 0 Å². The van der Waals surface area contributed by atoms with Gasteiger partial charge in [0.25, 0.3) is 5.69 Å². The highest BCUT2D eigenvalue weighted by molar-refractivity contribution is 9.10. The maximum Gasteiger partial charge on any atom is 0.270 e. The van der Waals surface area contributed by atoms with Gasteiger partial charge in [-0.1, -0.05) is 0 Å². The second-order valence-corrected chi connectivity index (χ2v) is 5.73. The van der Waals surface area contributed by atoms with E-state index in [0.717, 1.165) is 38.5 Å². The molecule has 1 atom stereocenters. The van der Waals surface area contributed by atoms with Gasteiger partial charge in [0, 0.05) is 48.0 Å². The van der Waals surface area contributed by atoms with Crippen LogP contribution in [-0.2, 0) is 4.74 Å². The molecule has 1 heterocycles. The van der Waals surface area contributed by atoms with Crippen LogP contribution >= 0.6 is 15.9 Å². The summed E-state index contributed by atoms with van der Waals surface area (Å²) in [6.45, 7) is 6.50. The second kappa shape index (κ2) is 7.01. The fourth-order valence-corrected chi connectivity index (χ4v) is 2.70. The summed E-state index contributed by atoms with van der Waals surface area (Å²) < 4.78 is 6.03. The number of hydrogen-bond acceptors (Lipinski definition) is 5. The van der Waals surface area contributed by atoms with Crippen molar-refractivity contribution in [1.82, 2.24) is 4.90 Å². The summed E-state index contributed by atoms with van der Waals surface area (Å²) >= 11 is 3.37. The first-order valence-corrected chi connectivity index (χ1v) is 7.36. The Labute approximate surface area is 126 Å². The van der Waals surface area contributed by atoms with Crippen LogP contribution in [0.5, 0.6) is 0 Å². The zero-order valence-corrected chi connectivity index (χ0v) is 12.9. The summed E-state index contributed by atoms with van der Waals surface area (Å²) in [7, 11) is 0. The molecule has 0 amide bonds. The van der Waals surface area contributed by atoms with E-state index in [2.05, 4.69) is 33.1 Å². The molecule has 2 rings (SSSR count). The van der Waals surface area contributed by atoms with E-state index in [4.69, 9.17) is 4.74 Å². The number of anilines is 1. The van der Waals surface area contributed by atoms with Gasteiger partial charge >= 0.3 is 0 Å². The SMILES string of the molecule is CC(CN1CCOCC1)Nc1ccc([N+](=O)[O-])cc1Br. The van der Waals surface area contributed by atoms with E-state index in [1.807, 2.05) is 0 Å². The fourth-order valence-electron chi connectivity index (χ4n) is 2.22. The topological polar surface area (TPSA) is 67.6 Å². The van der Waals surface area contributed by atoms with E-state index in [-0.39, 0.29) is 11.7 Å². The van der Waals surface area contributed by atoms with E-state index in [1.54, 1.807) is 6.07 Å². The minimum Gasteiger partial charge on any atom is -0.380 e.